The lowest BCUT2D eigenvalue weighted by Gasteiger charge is -2.15. The van der Waals surface area contributed by atoms with Gasteiger partial charge in [0.1, 0.15) is 0 Å². The fraction of sp³-hybridized carbons (Fsp3) is 0.458. The van der Waals surface area contributed by atoms with Crippen LogP contribution in [0.2, 0.25) is 0 Å². The zero-order chi connectivity index (χ0) is 24.6. The molecule has 34 heavy (non-hydrogen) atoms. The molecule has 0 atom stereocenters. The molecule has 0 aliphatic carbocycles. The minimum atomic E-state index is -3.49. The van der Waals surface area contributed by atoms with E-state index in [1.807, 2.05) is 6.92 Å². The van der Waals surface area contributed by atoms with Gasteiger partial charge in [-0.2, -0.15) is 4.31 Å². The number of amides is 1. The first-order chi connectivity index (χ1) is 16.2. The van der Waals surface area contributed by atoms with E-state index < -0.39 is 20.0 Å². The maximum Gasteiger partial charge on any atom is 0.243 e. The molecule has 0 bridgehead atoms. The molecule has 8 nitrogen and oxygen atoms in total. The van der Waals surface area contributed by atoms with Crippen LogP contribution in [-0.2, 0) is 37.7 Å². The van der Waals surface area contributed by atoms with E-state index in [1.54, 1.807) is 48.5 Å². The van der Waals surface area contributed by atoms with Gasteiger partial charge in [0, 0.05) is 32.6 Å². The normalized spacial score (nSPS) is 14.9. The highest BCUT2D eigenvalue weighted by Gasteiger charge is 2.26. The Morgan fingerprint density at radius 2 is 1.38 bits per heavy atom. The number of nitrogens with one attached hydrogen (secondary N) is 2. The second-order valence-electron chi connectivity index (χ2n) is 8.40. The van der Waals surface area contributed by atoms with E-state index in [9.17, 15) is 21.6 Å². The molecule has 1 heterocycles. The molecule has 2 aromatic rings. The fourth-order valence-corrected chi connectivity index (χ4v) is 6.40. The third-order valence-electron chi connectivity index (χ3n) is 5.78. The van der Waals surface area contributed by atoms with Crippen LogP contribution < -0.4 is 10.0 Å². The summed E-state index contributed by atoms with van der Waals surface area (Å²) in [5.74, 6) is -0.0884. The number of nitrogens with zero attached hydrogens (tertiary/aromatic N) is 1. The Hall–Kier alpha value is -2.27. The molecular weight excluding hydrogens is 474 g/mol. The van der Waals surface area contributed by atoms with Gasteiger partial charge in [0.05, 0.1) is 9.79 Å². The van der Waals surface area contributed by atoms with E-state index in [4.69, 9.17) is 0 Å². The zero-order valence-corrected chi connectivity index (χ0v) is 21.1. The molecule has 0 spiro atoms. The predicted octanol–water partition coefficient (Wildman–Crippen LogP) is 2.45. The van der Waals surface area contributed by atoms with E-state index in [2.05, 4.69) is 10.0 Å². The molecule has 186 valence electrons. The Labute approximate surface area is 202 Å². The maximum absolute atomic E-state index is 12.6. The predicted molar refractivity (Wildman–Crippen MR) is 131 cm³/mol. The van der Waals surface area contributed by atoms with E-state index in [-0.39, 0.29) is 10.8 Å². The van der Waals surface area contributed by atoms with Crippen molar-refractivity contribution in [2.45, 2.75) is 55.2 Å². The number of carbonyl (C=O) groups is 1. The number of rotatable bonds is 12. The van der Waals surface area contributed by atoms with Gasteiger partial charge in [-0.25, -0.2) is 21.6 Å². The van der Waals surface area contributed by atoms with E-state index in [1.165, 1.54) is 4.31 Å². The smallest absolute Gasteiger partial charge is 0.243 e. The average Bonchev–Trinajstić information content (AvgIpc) is 3.38. The Morgan fingerprint density at radius 1 is 0.824 bits per heavy atom. The van der Waals surface area contributed by atoms with Gasteiger partial charge in [-0.05, 0) is 67.5 Å². The standard InChI is InChI=1S/C24H33N3O5S2/c1-2-16-26-33(29,30)22-10-5-20(6-11-22)9-14-24(28)25-17-15-21-7-12-23(13-8-21)34(31,32)27-18-3-4-19-27/h5-8,10-13,26H,2-4,9,14-19H2,1H3,(H,25,28). The van der Waals surface area contributed by atoms with Crippen LogP contribution in [0.1, 0.15) is 43.7 Å². The van der Waals surface area contributed by atoms with Crippen molar-refractivity contribution < 1.29 is 21.6 Å². The van der Waals surface area contributed by atoms with Gasteiger partial charge in [0.25, 0.3) is 0 Å². The monoisotopic (exact) mass is 507 g/mol. The van der Waals surface area contributed by atoms with Crippen molar-refractivity contribution in [1.82, 2.24) is 14.3 Å². The van der Waals surface area contributed by atoms with Gasteiger partial charge < -0.3 is 5.32 Å². The van der Waals surface area contributed by atoms with E-state index in [0.29, 0.717) is 50.3 Å². The lowest BCUT2D eigenvalue weighted by Crippen LogP contribution is -2.28. The number of sulfonamides is 2. The number of benzene rings is 2. The molecule has 0 saturated carbocycles. The summed E-state index contributed by atoms with van der Waals surface area (Å²) in [6, 6.07) is 13.4. The van der Waals surface area contributed by atoms with Crippen molar-refractivity contribution in [3.05, 3.63) is 59.7 Å². The van der Waals surface area contributed by atoms with Crippen LogP contribution in [0.25, 0.3) is 0 Å². The van der Waals surface area contributed by atoms with Gasteiger partial charge in [-0.1, -0.05) is 31.2 Å². The second kappa shape index (κ2) is 11.9. The van der Waals surface area contributed by atoms with Gasteiger partial charge in [-0.15, -0.1) is 0 Å². The zero-order valence-electron chi connectivity index (χ0n) is 19.5. The van der Waals surface area contributed by atoms with Crippen LogP contribution >= 0.6 is 0 Å². The number of hydrogen-bond donors (Lipinski definition) is 2. The van der Waals surface area contributed by atoms with Gasteiger partial charge >= 0.3 is 0 Å². The second-order valence-corrected chi connectivity index (χ2v) is 12.1. The van der Waals surface area contributed by atoms with Crippen LogP contribution in [0.4, 0.5) is 0 Å². The summed E-state index contributed by atoms with van der Waals surface area (Å²) >= 11 is 0. The van der Waals surface area contributed by atoms with Crippen LogP contribution in [-0.4, -0.2) is 53.2 Å². The topological polar surface area (TPSA) is 113 Å². The molecule has 0 aromatic heterocycles. The fourth-order valence-electron chi connectivity index (χ4n) is 3.75. The van der Waals surface area contributed by atoms with Gasteiger partial charge in [0.15, 0.2) is 0 Å². The largest absolute Gasteiger partial charge is 0.356 e. The first-order valence-electron chi connectivity index (χ1n) is 11.7. The molecule has 10 heteroatoms. The highest BCUT2D eigenvalue weighted by atomic mass is 32.2. The summed E-state index contributed by atoms with van der Waals surface area (Å²) < 4.78 is 53.5. The van der Waals surface area contributed by atoms with Crippen LogP contribution in [0.5, 0.6) is 0 Å². The van der Waals surface area contributed by atoms with Crippen molar-refractivity contribution in [2.24, 2.45) is 0 Å². The lowest BCUT2D eigenvalue weighted by molar-refractivity contribution is -0.121. The van der Waals surface area contributed by atoms with Crippen LogP contribution in [0.3, 0.4) is 0 Å². The number of carbonyl (C=O) groups excluding carboxylic acids is 1. The molecule has 0 radical (unpaired) electrons. The Morgan fingerprint density at radius 3 is 1.97 bits per heavy atom. The molecule has 1 amide bonds. The SMILES string of the molecule is CCCNS(=O)(=O)c1ccc(CCC(=O)NCCc2ccc(S(=O)(=O)N3CCCC3)cc2)cc1. The summed E-state index contributed by atoms with van der Waals surface area (Å²) in [4.78, 5) is 12.7. The quantitative estimate of drug-likeness (QED) is 0.458. The highest BCUT2D eigenvalue weighted by molar-refractivity contribution is 7.89. The van der Waals surface area contributed by atoms with Crippen molar-refractivity contribution in [3.8, 4) is 0 Å². The molecule has 0 unspecified atom stereocenters. The summed E-state index contributed by atoms with van der Waals surface area (Å²) in [5, 5.41) is 2.88. The maximum atomic E-state index is 12.6. The number of hydrogen-bond acceptors (Lipinski definition) is 5. The molecule has 1 fully saturated rings. The van der Waals surface area contributed by atoms with Crippen molar-refractivity contribution in [3.63, 3.8) is 0 Å². The average molecular weight is 508 g/mol. The number of aryl methyl sites for hydroxylation is 1. The first kappa shape index (κ1) is 26.3. The molecule has 1 saturated heterocycles. The Kier molecular flexibility index (Phi) is 9.24. The Bertz CT molecular complexity index is 1160. The Balaban J connectivity index is 1.41. The summed E-state index contributed by atoms with van der Waals surface area (Å²) in [7, 11) is -6.90. The molecule has 1 aliphatic heterocycles. The molecule has 1 aliphatic rings. The van der Waals surface area contributed by atoms with Crippen molar-refractivity contribution >= 4 is 26.0 Å². The van der Waals surface area contributed by atoms with Gasteiger partial charge in [-0.3, -0.25) is 4.79 Å². The molecule has 2 N–H and O–H groups in total. The minimum absolute atomic E-state index is 0.0884. The van der Waals surface area contributed by atoms with Crippen molar-refractivity contribution in [2.75, 3.05) is 26.2 Å². The third kappa shape index (κ3) is 7.11. The summed E-state index contributed by atoms with van der Waals surface area (Å²) in [6.07, 6.45) is 3.94. The highest BCUT2D eigenvalue weighted by Crippen LogP contribution is 2.21. The van der Waals surface area contributed by atoms with Crippen molar-refractivity contribution in [1.29, 1.82) is 0 Å². The molecule has 3 rings (SSSR count). The lowest BCUT2D eigenvalue weighted by atomic mass is 10.1. The van der Waals surface area contributed by atoms with Gasteiger partial charge in [0.2, 0.25) is 26.0 Å². The van der Waals surface area contributed by atoms with Crippen LogP contribution in [0.15, 0.2) is 58.3 Å². The summed E-state index contributed by atoms with van der Waals surface area (Å²) in [6.45, 7) is 3.91. The first-order valence-corrected chi connectivity index (χ1v) is 14.6. The summed E-state index contributed by atoms with van der Waals surface area (Å²) in [5.41, 5.74) is 1.84. The molecular formula is C24H33N3O5S2. The van der Waals surface area contributed by atoms with E-state index >= 15 is 0 Å². The third-order valence-corrected chi connectivity index (χ3v) is 9.17. The minimum Gasteiger partial charge on any atom is -0.356 e. The van der Waals surface area contributed by atoms with Crippen LogP contribution in [0, 0.1) is 0 Å². The van der Waals surface area contributed by atoms with E-state index in [0.717, 1.165) is 30.4 Å². The molecule has 2 aromatic carbocycles.